The van der Waals surface area contributed by atoms with E-state index in [9.17, 15) is 0 Å². The van der Waals surface area contributed by atoms with Crippen molar-refractivity contribution in [3.8, 4) is 0 Å². The molecule has 3 nitrogen and oxygen atoms in total. The minimum atomic E-state index is 0.860. The summed E-state index contributed by atoms with van der Waals surface area (Å²) < 4.78 is 0. The number of aromatic nitrogens is 2. The van der Waals surface area contributed by atoms with Gasteiger partial charge in [0, 0.05) is 24.3 Å². The molecule has 0 spiro atoms. The summed E-state index contributed by atoms with van der Waals surface area (Å²) in [7, 11) is 0. The van der Waals surface area contributed by atoms with Crippen molar-refractivity contribution in [3.05, 3.63) is 36.2 Å². The van der Waals surface area contributed by atoms with E-state index < -0.39 is 0 Å². The molecule has 2 aromatic heterocycles. The first-order valence-corrected chi connectivity index (χ1v) is 5.84. The van der Waals surface area contributed by atoms with E-state index in [0.29, 0.717) is 0 Å². The van der Waals surface area contributed by atoms with E-state index in [1.807, 2.05) is 12.3 Å². The van der Waals surface area contributed by atoms with Gasteiger partial charge in [-0.1, -0.05) is 0 Å². The third kappa shape index (κ3) is 1.78. The van der Waals surface area contributed by atoms with Gasteiger partial charge in [-0.25, -0.2) is 9.97 Å². The number of rotatable bonds is 2. The third-order valence-electron chi connectivity index (χ3n) is 3.20. The fourth-order valence-electron chi connectivity index (χ4n) is 2.36. The van der Waals surface area contributed by atoms with Crippen molar-refractivity contribution in [1.29, 1.82) is 0 Å². The molecule has 0 unspecified atom stereocenters. The molecular formula is C13H15N3. The van der Waals surface area contributed by atoms with Crippen molar-refractivity contribution in [2.24, 2.45) is 0 Å². The first-order valence-electron chi connectivity index (χ1n) is 5.84. The van der Waals surface area contributed by atoms with Gasteiger partial charge in [-0.3, -0.25) is 4.90 Å². The Balaban J connectivity index is 1.96. The molecule has 3 heteroatoms. The first-order chi connectivity index (χ1) is 7.93. The zero-order valence-electron chi connectivity index (χ0n) is 9.26. The van der Waals surface area contributed by atoms with Gasteiger partial charge in [0.2, 0.25) is 0 Å². The Hall–Kier alpha value is -1.48. The van der Waals surface area contributed by atoms with Crippen molar-refractivity contribution >= 4 is 11.0 Å². The quantitative estimate of drug-likeness (QED) is 0.766. The molecule has 1 aliphatic heterocycles. The van der Waals surface area contributed by atoms with Crippen LogP contribution < -0.4 is 0 Å². The van der Waals surface area contributed by atoms with E-state index >= 15 is 0 Å². The molecule has 3 rings (SSSR count). The Morgan fingerprint density at radius 2 is 1.88 bits per heavy atom. The van der Waals surface area contributed by atoms with Crippen molar-refractivity contribution in [3.63, 3.8) is 0 Å². The van der Waals surface area contributed by atoms with Crippen LogP contribution in [0.15, 0.2) is 30.6 Å². The lowest BCUT2D eigenvalue weighted by Crippen LogP contribution is -2.18. The zero-order valence-corrected chi connectivity index (χ0v) is 9.26. The Kier molecular flexibility index (Phi) is 2.54. The molecule has 0 amide bonds. The topological polar surface area (TPSA) is 29.0 Å². The summed E-state index contributed by atoms with van der Waals surface area (Å²) >= 11 is 0. The molecule has 0 bridgehead atoms. The number of fused-ring (bicyclic) bond motifs is 1. The normalized spacial score (nSPS) is 17.0. The molecule has 0 N–H and O–H groups in total. The van der Waals surface area contributed by atoms with Crippen LogP contribution in [0.3, 0.4) is 0 Å². The molecule has 0 aliphatic carbocycles. The van der Waals surface area contributed by atoms with Crippen LogP contribution in [-0.4, -0.2) is 28.0 Å². The predicted octanol–water partition coefficient (Wildman–Crippen LogP) is 2.23. The lowest BCUT2D eigenvalue weighted by molar-refractivity contribution is 0.332. The summed E-state index contributed by atoms with van der Waals surface area (Å²) in [5.74, 6) is 0. The van der Waals surface area contributed by atoms with Crippen LogP contribution in [0.1, 0.15) is 18.4 Å². The fraction of sp³-hybridized carbons (Fsp3) is 0.385. The number of likely N-dealkylation sites (tertiary alicyclic amines) is 1. The Bertz CT molecular complexity index is 484. The fourth-order valence-corrected chi connectivity index (χ4v) is 2.36. The van der Waals surface area contributed by atoms with Crippen LogP contribution in [0.5, 0.6) is 0 Å². The summed E-state index contributed by atoms with van der Waals surface area (Å²) in [4.78, 5) is 11.1. The van der Waals surface area contributed by atoms with Crippen LogP contribution in [0.2, 0.25) is 0 Å². The van der Waals surface area contributed by atoms with E-state index in [1.54, 1.807) is 6.20 Å². The highest BCUT2D eigenvalue weighted by Crippen LogP contribution is 2.18. The third-order valence-corrected chi connectivity index (χ3v) is 3.20. The number of hydrogen-bond donors (Lipinski definition) is 0. The van der Waals surface area contributed by atoms with E-state index in [1.165, 1.54) is 36.9 Å². The summed E-state index contributed by atoms with van der Waals surface area (Å²) in [6.45, 7) is 3.48. The summed E-state index contributed by atoms with van der Waals surface area (Å²) in [6, 6.07) is 6.21. The molecule has 3 heterocycles. The highest BCUT2D eigenvalue weighted by atomic mass is 15.1. The highest BCUT2D eigenvalue weighted by Gasteiger charge is 2.13. The smallest absolute Gasteiger partial charge is 0.159 e. The lowest BCUT2D eigenvalue weighted by Gasteiger charge is -2.15. The molecule has 0 aromatic carbocycles. The van der Waals surface area contributed by atoms with Gasteiger partial charge in [0.25, 0.3) is 0 Å². The Labute approximate surface area is 95.1 Å². The molecule has 1 fully saturated rings. The average Bonchev–Trinajstić information content (AvgIpc) is 2.82. The molecule has 2 aromatic rings. The van der Waals surface area contributed by atoms with Crippen molar-refractivity contribution in [2.75, 3.05) is 13.1 Å². The van der Waals surface area contributed by atoms with Crippen molar-refractivity contribution < 1.29 is 0 Å². The van der Waals surface area contributed by atoms with Gasteiger partial charge in [0.1, 0.15) is 0 Å². The van der Waals surface area contributed by atoms with Gasteiger partial charge in [0.05, 0.1) is 0 Å². The lowest BCUT2D eigenvalue weighted by atomic mass is 10.1. The molecule has 16 heavy (non-hydrogen) atoms. The molecule has 82 valence electrons. The van der Waals surface area contributed by atoms with Crippen LogP contribution in [-0.2, 0) is 6.54 Å². The standard InChI is InChI=1S/C13H15N3/c1-2-9-16(8-1)10-11-5-7-15-13-12(11)4-3-6-14-13/h3-7H,1-2,8-10H2. The maximum Gasteiger partial charge on any atom is 0.159 e. The maximum absolute atomic E-state index is 4.29. The Morgan fingerprint density at radius 3 is 2.75 bits per heavy atom. The molecule has 1 aliphatic rings. The van der Waals surface area contributed by atoms with Gasteiger partial charge in [-0.05, 0) is 49.7 Å². The van der Waals surface area contributed by atoms with E-state index in [2.05, 4.69) is 27.0 Å². The molecule has 0 radical (unpaired) electrons. The predicted molar refractivity (Wildman–Crippen MR) is 64.0 cm³/mol. The summed E-state index contributed by atoms with van der Waals surface area (Å²) in [5.41, 5.74) is 2.21. The van der Waals surface area contributed by atoms with Gasteiger partial charge < -0.3 is 0 Å². The minimum Gasteiger partial charge on any atom is -0.299 e. The first kappa shape index (κ1) is 9.73. The molecule has 1 saturated heterocycles. The average molecular weight is 213 g/mol. The number of nitrogens with zero attached hydrogens (tertiary/aromatic N) is 3. The van der Waals surface area contributed by atoms with Crippen molar-refractivity contribution in [1.82, 2.24) is 14.9 Å². The van der Waals surface area contributed by atoms with Gasteiger partial charge in [-0.2, -0.15) is 0 Å². The van der Waals surface area contributed by atoms with Crippen LogP contribution in [0.4, 0.5) is 0 Å². The molecule has 0 atom stereocenters. The van der Waals surface area contributed by atoms with Gasteiger partial charge in [0.15, 0.2) is 5.65 Å². The van der Waals surface area contributed by atoms with E-state index in [-0.39, 0.29) is 0 Å². The van der Waals surface area contributed by atoms with E-state index in [0.717, 1.165) is 12.2 Å². The second-order valence-electron chi connectivity index (χ2n) is 4.33. The van der Waals surface area contributed by atoms with Gasteiger partial charge in [-0.15, -0.1) is 0 Å². The summed E-state index contributed by atoms with van der Waals surface area (Å²) in [6.07, 6.45) is 6.33. The SMILES string of the molecule is c1cnc2nccc(CN3CCCC3)c2c1. The van der Waals surface area contributed by atoms with Crippen LogP contribution in [0.25, 0.3) is 11.0 Å². The number of hydrogen-bond acceptors (Lipinski definition) is 3. The summed E-state index contributed by atoms with van der Waals surface area (Å²) in [5, 5.41) is 1.19. The van der Waals surface area contributed by atoms with Crippen LogP contribution >= 0.6 is 0 Å². The minimum absolute atomic E-state index is 0.860. The molecular weight excluding hydrogens is 198 g/mol. The second kappa shape index (κ2) is 4.18. The maximum atomic E-state index is 4.29. The molecule has 0 saturated carbocycles. The van der Waals surface area contributed by atoms with Crippen LogP contribution in [0, 0.1) is 0 Å². The largest absolute Gasteiger partial charge is 0.299 e. The second-order valence-corrected chi connectivity index (χ2v) is 4.33. The Morgan fingerprint density at radius 1 is 1.06 bits per heavy atom. The number of pyridine rings is 2. The van der Waals surface area contributed by atoms with Crippen molar-refractivity contribution in [2.45, 2.75) is 19.4 Å². The van der Waals surface area contributed by atoms with Gasteiger partial charge >= 0.3 is 0 Å². The zero-order chi connectivity index (χ0) is 10.8. The monoisotopic (exact) mass is 213 g/mol. The van der Waals surface area contributed by atoms with E-state index in [4.69, 9.17) is 0 Å². The highest BCUT2D eigenvalue weighted by molar-refractivity contribution is 5.78.